The second-order valence-electron chi connectivity index (χ2n) is 3.63. The van der Waals surface area contributed by atoms with E-state index in [2.05, 4.69) is 15.7 Å². The van der Waals surface area contributed by atoms with Gasteiger partial charge in [0.25, 0.3) is 5.91 Å². The standard InChI is InChI=1S/C12H10Cl2N4O/c13-8-2-1-3-9(11(8)14)17-12(19)7-4-5-16-10(6-7)18-15/h1-6H,15H2,(H,16,18)(H,17,19). The third-order valence-electron chi connectivity index (χ3n) is 2.37. The monoisotopic (exact) mass is 296 g/mol. The molecule has 1 heterocycles. The minimum atomic E-state index is -0.330. The number of hydrogen-bond acceptors (Lipinski definition) is 4. The number of anilines is 2. The van der Waals surface area contributed by atoms with Crippen LogP contribution in [0, 0.1) is 0 Å². The van der Waals surface area contributed by atoms with Crippen LogP contribution in [0.5, 0.6) is 0 Å². The van der Waals surface area contributed by atoms with Gasteiger partial charge in [-0.1, -0.05) is 29.3 Å². The predicted molar refractivity (Wildman–Crippen MR) is 76.5 cm³/mol. The molecule has 5 nitrogen and oxygen atoms in total. The Labute approximate surface area is 119 Å². The molecule has 0 fully saturated rings. The number of carbonyl (C=O) groups is 1. The first-order valence-corrected chi connectivity index (χ1v) is 6.05. The van der Waals surface area contributed by atoms with Gasteiger partial charge in [-0.05, 0) is 24.3 Å². The topological polar surface area (TPSA) is 80.0 Å². The van der Waals surface area contributed by atoms with Crippen molar-refractivity contribution >= 4 is 40.6 Å². The summed E-state index contributed by atoms with van der Waals surface area (Å²) in [6.45, 7) is 0. The first-order chi connectivity index (χ1) is 9.11. The quantitative estimate of drug-likeness (QED) is 0.601. The molecule has 2 rings (SSSR count). The van der Waals surface area contributed by atoms with Crippen molar-refractivity contribution in [1.29, 1.82) is 0 Å². The Kier molecular flexibility index (Phi) is 4.21. The first-order valence-electron chi connectivity index (χ1n) is 5.30. The summed E-state index contributed by atoms with van der Waals surface area (Å²) in [6.07, 6.45) is 1.48. The number of hydrogen-bond donors (Lipinski definition) is 3. The summed E-state index contributed by atoms with van der Waals surface area (Å²) in [5.74, 6) is 5.30. The molecule has 0 aliphatic heterocycles. The number of nitrogens with one attached hydrogen (secondary N) is 2. The summed E-state index contributed by atoms with van der Waals surface area (Å²) in [6, 6.07) is 8.09. The summed E-state index contributed by atoms with van der Waals surface area (Å²) in [4.78, 5) is 16.0. The number of hydrazine groups is 1. The predicted octanol–water partition coefficient (Wildman–Crippen LogP) is 2.93. The van der Waals surface area contributed by atoms with Gasteiger partial charge in [-0.3, -0.25) is 4.79 Å². The fraction of sp³-hybridized carbons (Fsp3) is 0. The van der Waals surface area contributed by atoms with Crippen LogP contribution in [0.25, 0.3) is 0 Å². The van der Waals surface area contributed by atoms with E-state index >= 15 is 0 Å². The fourth-order valence-corrected chi connectivity index (χ4v) is 1.79. The number of carbonyl (C=O) groups excluding carboxylic acids is 1. The van der Waals surface area contributed by atoms with Crippen molar-refractivity contribution in [2.45, 2.75) is 0 Å². The molecular formula is C12H10Cl2N4O. The highest BCUT2D eigenvalue weighted by molar-refractivity contribution is 6.44. The zero-order chi connectivity index (χ0) is 13.8. The van der Waals surface area contributed by atoms with E-state index in [0.29, 0.717) is 27.1 Å². The number of pyridine rings is 1. The van der Waals surface area contributed by atoms with Crippen molar-refractivity contribution in [3.63, 3.8) is 0 Å². The maximum atomic E-state index is 12.0. The molecule has 2 aromatic rings. The smallest absolute Gasteiger partial charge is 0.255 e. The first kappa shape index (κ1) is 13.6. The molecule has 0 aliphatic carbocycles. The molecule has 0 radical (unpaired) electrons. The van der Waals surface area contributed by atoms with E-state index in [1.807, 2.05) is 0 Å². The van der Waals surface area contributed by atoms with Crippen molar-refractivity contribution in [2.24, 2.45) is 5.84 Å². The fourth-order valence-electron chi connectivity index (χ4n) is 1.45. The Morgan fingerprint density at radius 1 is 1.26 bits per heavy atom. The Bertz CT molecular complexity index is 618. The van der Waals surface area contributed by atoms with E-state index in [0.717, 1.165) is 0 Å². The molecule has 0 saturated heterocycles. The molecule has 4 N–H and O–H groups in total. The second-order valence-corrected chi connectivity index (χ2v) is 4.41. The van der Waals surface area contributed by atoms with Crippen LogP contribution in [0.1, 0.15) is 10.4 Å². The number of aromatic nitrogens is 1. The molecule has 0 unspecified atom stereocenters. The van der Waals surface area contributed by atoms with Crippen molar-refractivity contribution < 1.29 is 4.79 Å². The van der Waals surface area contributed by atoms with Crippen molar-refractivity contribution in [3.8, 4) is 0 Å². The van der Waals surface area contributed by atoms with Crippen LogP contribution in [0.15, 0.2) is 36.5 Å². The van der Waals surface area contributed by atoms with E-state index in [1.165, 1.54) is 12.3 Å². The second kappa shape index (κ2) is 5.88. The Morgan fingerprint density at radius 2 is 2.05 bits per heavy atom. The van der Waals surface area contributed by atoms with Crippen LogP contribution in [-0.2, 0) is 0 Å². The molecule has 19 heavy (non-hydrogen) atoms. The Morgan fingerprint density at radius 3 is 2.79 bits per heavy atom. The van der Waals surface area contributed by atoms with Crippen molar-refractivity contribution in [2.75, 3.05) is 10.7 Å². The van der Waals surface area contributed by atoms with Crippen LogP contribution < -0.4 is 16.6 Å². The van der Waals surface area contributed by atoms with E-state index in [9.17, 15) is 4.79 Å². The SMILES string of the molecule is NNc1cc(C(=O)Nc2cccc(Cl)c2Cl)ccn1. The number of rotatable bonds is 3. The molecule has 1 aromatic carbocycles. The summed E-state index contributed by atoms with van der Waals surface area (Å²) in [5, 5.41) is 3.34. The lowest BCUT2D eigenvalue weighted by molar-refractivity contribution is 0.102. The normalized spacial score (nSPS) is 10.1. The number of nitrogen functional groups attached to an aromatic ring is 1. The third kappa shape index (κ3) is 3.14. The van der Waals surface area contributed by atoms with E-state index < -0.39 is 0 Å². The number of halogens is 2. The molecule has 0 aliphatic rings. The van der Waals surface area contributed by atoms with Gasteiger partial charge >= 0.3 is 0 Å². The Balaban J connectivity index is 2.23. The van der Waals surface area contributed by atoms with Crippen LogP contribution in [-0.4, -0.2) is 10.9 Å². The highest BCUT2D eigenvalue weighted by Gasteiger charge is 2.10. The summed E-state index contributed by atoms with van der Waals surface area (Å²) >= 11 is 11.9. The molecule has 0 saturated carbocycles. The Hall–Kier alpha value is -1.82. The average Bonchev–Trinajstić information content (AvgIpc) is 2.44. The minimum Gasteiger partial charge on any atom is -0.321 e. The van der Waals surface area contributed by atoms with Gasteiger partial charge in [0.05, 0.1) is 15.7 Å². The van der Waals surface area contributed by atoms with Crippen LogP contribution in [0.4, 0.5) is 11.5 Å². The average molecular weight is 297 g/mol. The molecule has 1 amide bonds. The van der Waals surface area contributed by atoms with Gasteiger partial charge in [0.15, 0.2) is 0 Å². The molecule has 1 aromatic heterocycles. The number of nitrogens with zero attached hydrogens (tertiary/aromatic N) is 1. The van der Waals surface area contributed by atoms with Crippen LogP contribution >= 0.6 is 23.2 Å². The maximum absolute atomic E-state index is 12.0. The lowest BCUT2D eigenvalue weighted by Gasteiger charge is -2.08. The summed E-state index contributed by atoms with van der Waals surface area (Å²) < 4.78 is 0. The highest BCUT2D eigenvalue weighted by atomic mass is 35.5. The number of benzene rings is 1. The molecule has 0 atom stereocenters. The van der Waals surface area contributed by atoms with Crippen LogP contribution in [0.2, 0.25) is 10.0 Å². The van der Waals surface area contributed by atoms with Gasteiger partial charge in [-0.15, -0.1) is 0 Å². The van der Waals surface area contributed by atoms with E-state index in [4.69, 9.17) is 29.0 Å². The van der Waals surface area contributed by atoms with Gasteiger partial charge in [0.1, 0.15) is 5.82 Å². The van der Waals surface area contributed by atoms with Gasteiger partial charge in [-0.2, -0.15) is 0 Å². The highest BCUT2D eigenvalue weighted by Crippen LogP contribution is 2.29. The lowest BCUT2D eigenvalue weighted by atomic mass is 10.2. The van der Waals surface area contributed by atoms with Gasteiger partial charge in [0, 0.05) is 11.8 Å². The zero-order valence-electron chi connectivity index (χ0n) is 9.65. The number of nitrogens with two attached hydrogens (primary N) is 1. The third-order valence-corrected chi connectivity index (χ3v) is 3.19. The zero-order valence-corrected chi connectivity index (χ0v) is 11.2. The number of amides is 1. The van der Waals surface area contributed by atoms with E-state index in [1.54, 1.807) is 24.3 Å². The maximum Gasteiger partial charge on any atom is 0.255 e. The molecule has 0 bridgehead atoms. The van der Waals surface area contributed by atoms with Crippen molar-refractivity contribution in [1.82, 2.24) is 4.98 Å². The van der Waals surface area contributed by atoms with Crippen molar-refractivity contribution in [3.05, 3.63) is 52.1 Å². The minimum absolute atomic E-state index is 0.295. The van der Waals surface area contributed by atoms with E-state index in [-0.39, 0.29) is 5.91 Å². The van der Waals surface area contributed by atoms with Gasteiger partial charge in [0.2, 0.25) is 0 Å². The molecule has 0 spiro atoms. The molecular weight excluding hydrogens is 287 g/mol. The summed E-state index contributed by atoms with van der Waals surface area (Å²) in [7, 11) is 0. The summed E-state index contributed by atoms with van der Waals surface area (Å²) in [5.41, 5.74) is 3.21. The van der Waals surface area contributed by atoms with Crippen LogP contribution in [0.3, 0.4) is 0 Å². The molecule has 98 valence electrons. The van der Waals surface area contributed by atoms with Gasteiger partial charge < -0.3 is 10.7 Å². The molecule has 7 heteroatoms. The lowest BCUT2D eigenvalue weighted by Crippen LogP contribution is -2.14. The van der Waals surface area contributed by atoms with Gasteiger partial charge in [-0.25, -0.2) is 10.8 Å². The largest absolute Gasteiger partial charge is 0.321 e.